The average Bonchev–Trinajstić information content (AvgIpc) is 3.10. The molecule has 2 aromatic rings. The summed E-state index contributed by atoms with van der Waals surface area (Å²) in [7, 11) is 0. The highest BCUT2D eigenvalue weighted by Gasteiger charge is 2.33. The first-order valence-electron chi connectivity index (χ1n) is 5.80. The predicted octanol–water partition coefficient (Wildman–Crippen LogP) is 2.31. The average molecular weight is 243 g/mol. The maximum absolute atomic E-state index is 11.6. The van der Waals surface area contributed by atoms with Crippen LogP contribution in [0.1, 0.15) is 30.8 Å². The number of aromatic nitrogens is 1. The zero-order valence-corrected chi connectivity index (χ0v) is 9.96. The molecule has 18 heavy (non-hydrogen) atoms. The van der Waals surface area contributed by atoms with Crippen LogP contribution < -0.4 is 0 Å². The van der Waals surface area contributed by atoms with E-state index in [9.17, 15) is 4.79 Å². The summed E-state index contributed by atoms with van der Waals surface area (Å²) in [5.74, 6) is 0.675. The normalized spacial score (nSPS) is 19.1. The molecule has 0 fully saturated rings. The van der Waals surface area contributed by atoms with E-state index in [-0.39, 0.29) is 11.9 Å². The third-order valence-electron chi connectivity index (χ3n) is 3.01. The molecule has 92 valence electrons. The Morgan fingerprint density at radius 2 is 2.39 bits per heavy atom. The first-order chi connectivity index (χ1) is 8.75. The number of nitrogens with one attached hydrogen (secondary N) is 1. The highest BCUT2D eigenvalue weighted by atomic mass is 16.3. The maximum atomic E-state index is 11.6. The number of carbonyl (C=O) groups is 1. The standard InChI is InChI=1S/C13H13N3O2/c1-9(17)16-12(13-5-3-7-18-13)8-11(15-16)10-4-2-6-14-10/h2-7,12,14H,8H2,1H3. The Morgan fingerprint density at radius 3 is 3.00 bits per heavy atom. The van der Waals surface area contributed by atoms with Crippen LogP contribution >= 0.6 is 0 Å². The number of hydrazone groups is 1. The van der Waals surface area contributed by atoms with Crippen LogP contribution in [0.3, 0.4) is 0 Å². The molecule has 1 N–H and O–H groups in total. The quantitative estimate of drug-likeness (QED) is 0.879. The van der Waals surface area contributed by atoms with E-state index in [0.717, 1.165) is 17.2 Å². The second-order valence-corrected chi connectivity index (χ2v) is 4.23. The van der Waals surface area contributed by atoms with Gasteiger partial charge in [0, 0.05) is 19.5 Å². The summed E-state index contributed by atoms with van der Waals surface area (Å²) in [6, 6.07) is 7.40. The summed E-state index contributed by atoms with van der Waals surface area (Å²) >= 11 is 0. The minimum atomic E-state index is -0.143. The Morgan fingerprint density at radius 1 is 1.50 bits per heavy atom. The summed E-state index contributed by atoms with van der Waals surface area (Å²) in [6.45, 7) is 1.51. The first-order valence-corrected chi connectivity index (χ1v) is 5.80. The Balaban J connectivity index is 1.93. The van der Waals surface area contributed by atoms with Crippen molar-refractivity contribution < 1.29 is 9.21 Å². The van der Waals surface area contributed by atoms with Crippen LogP contribution in [0.2, 0.25) is 0 Å². The number of hydrogen-bond donors (Lipinski definition) is 1. The van der Waals surface area contributed by atoms with E-state index in [0.29, 0.717) is 6.42 Å². The number of aromatic amines is 1. The smallest absolute Gasteiger partial charge is 0.240 e. The summed E-state index contributed by atoms with van der Waals surface area (Å²) in [5.41, 5.74) is 1.81. The molecule has 1 unspecified atom stereocenters. The number of furan rings is 1. The van der Waals surface area contributed by atoms with Crippen LogP contribution in [-0.4, -0.2) is 21.6 Å². The molecule has 3 heterocycles. The number of carbonyl (C=O) groups excluding carboxylic acids is 1. The topological polar surface area (TPSA) is 61.6 Å². The molecule has 0 aliphatic carbocycles. The zero-order chi connectivity index (χ0) is 12.5. The van der Waals surface area contributed by atoms with Crippen molar-refractivity contribution in [2.24, 2.45) is 5.10 Å². The van der Waals surface area contributed by atoms with Gasteiger partial charge in [-0.1, -0.05) is 0 Å². The van der Waals surface area contributed by atoms with E-state index in [1.165, 1.54) is 11.9 Å². The minimum absolute atomic E-state index is 0.0852. The van der Waals surface area contributed by atoms with E-state index in [2.05, 4.69) is 10.1 Å². The van der Waals surface area contributed by atoms with Crippen LogP contribution in [0.25, 0.3) is 0 Å². The van der Waals surface area contributed by atoms with Gasteiger partial charge in [0.25, 0.3) is 0 Å². The molecule has 1 atom stereocenters. The predicted molar refractivity (Wildman–Crippen MR) is 65.9 cm³/mol. The van der Waals surface area contributed by atoms with Gasteiger partial charge >= 0.3 is 0 Å². The molecule has 5 heteroatoms. The van der Waals surface area contributed by atoms with E-state index in [1.54, 1.807) is 6.26 Å². The molecular formula is C13H13N3O2. The molecule has 1 aliphatic heterocycles. The fraction of sp³-hybridized carbons (Fsp3) is 0.231. The van der Waals surface area contributed by atoms with Crippen molar-refractivity contribution in [3.63, 3.8) is 0 Å². The van der Waals surface area contributed by atoms with E-state index in [4.69, 9.17) is 4.42 Å². The highest BCUT2D eigenvalue weighted by molar-refractivity contribution is 6.01. The molecule has 0 saturated heterocycles. The third-order valence-corrected chi connectivity index (χ3v) is 3.01. The molecule has 0 saturated carbocycles. The number of hydrogen-bond acceptors (Lipinski definition) is 3. The lowest BCUT2D eigenvalue weighted by Crippen LogP contribution is -2.23. The second kappa shape index (κ2) is 4.18. The van der Waals surface area contributed by atoms with Crippen molar-refractivity contribution in [2.75, 3.05) is 0 Å². The van der Waals surface area contributed by atoms with Gasteiger partial charge in [-0.25, -0.2) is 5.01 Å². The van der Waals surface area contributed by atoms with Crippen LogP contribution in [0, 0.1) is 0 Å². The number of H-pyrrole nitrogens is 1. The van der Waals surface area contributed by atoms with E-state index in [1.807, 2.05) is 30.5 Å². The van der Waals surface area contributed by atoms with Crippen molar-refractivity contribution in [1.29, 1.82) is 0 Å². The molecule has 2 aromatic heterocycles. The fourth-order valence-electron chi connectivity index (χ4n) is 2.18. The fourth-order valence-corrected chi connectivity index (χ4v) is 2.18. The van der Waals surface area contributed by atoms with Gasteiger partial charge in [0.05, 0.1) is 17.7 Å². The molecule has 3 rings (SSSR count). The molecular weight excluding hydrogens is 230 g/mol. The third kappa shape index (κ3) is 1.73. The lowest BCUT2D eigenvalue weighted by Gasteiger charge is -2.17. The van der Waals surface area contributed by atoms with Gasteiger partial charge in [0.1, 0.15) is 11.8 Å². The lowest BCUT2D eigenvalue weighted by molar-refractivity contribution is -0.130. The molecule has 5 nitrogen and oxygen atoms in total. The van der Waals surface area contributed by atoms with Gasteiger partial charge in [-0.3, -0.25) is 4.79 Å². The van der Waals surface area contributed by atoms with Crippen molar-refractivity contribution in [2.45, 2.75) is 19.4 Å². The monoisotopic (exact) mass is 243 g/mol. The van der Waals surface area contributed by atoms with Crippen molar-refractivity contribution in [3.05, 3.63) is 48.2 Å². The molecule has 1 amide bonds. The van der Waals surface area contributed by atoms with Crippen molar-refractivity contribution in [1.82, 2.24) is 9.99 Å². The van der Waals surface area contributed by atoms with Gasteiger partial charge in [-0.15, -0.1) is 0 Å². The maximum Gasteiger partial charge on any atom is 0.240 e. The van der Waals surface area contributed by atoms with E-state index < -0.39 is 0 Å². The van der Waals surface area contributed by atoms with Crippen molar-refractivity contribution >= 4 is 11.6 Å². The Bertz CT molecular complexity index is 569. The second-order valence-electron chi connectivity index (χ2n) is 4.23. The van der Waals surface area contributed by atoms with E-state index >= 15 is 0 Å². The van der Waals surface area contributed by atoms with Crippen LogP contribution in [-0.2, 0) is 4.79 Å². The highest BCUT2D eigenvalue weighted by Crippen LogP contribution is 2.32. The molecule has 0 radical (unpaired) electrons. The summed E-state index contributed by atoms with van der Waals surface area (Å²) in [6.07, 6.45) is 4.12. The largest absolute Gasteiger partial charge is 0.467 e. The van der Waals surface area contributed by atoms with Crippen LogP contribution in [0.4, 0.5) is 0 Å². The Hall–Kier alpha value is -2.30. The molecule has 1 aliphatic rings. The van der Waals surface area contributed by atoms with Gasteiger partial charge in [-0.05, 0) is 24.3 Å². The Labute approximate surface area is 104 Å². The van der Waals surface area contributed by atoms with Gasteiger partial charge in [-0.2, -0.15) is 5.10 Å². The lowest BCUT2D eigenvalue weighted by atomic mass is 10.1. The molecule has 0 bridgehead atoms. The Kier molecular flexibility index (Phi) is 2.51. The van der Waals surface area contributed by atoms with Crippen LogP contribution in [0.15, 0.2) is 46.2 Å². The summed E-state index contributed by atoms with van der Waals surface area (Å²) in [5, 5.41) is 5.86. The summed E-state index contributed by atoms with van der Waals surface area (Å²) in [4.78, 5) is 14.7. The van der Waals surface area contributed by atoms with Crippen LogP contribution in [0.5, 0.6) is 0 Å². The minimum Gasteiger partial charge on any atom is -0.467 e. The number of nitrogens with zero attached hydrogens (tertiary/aromatic N) is 2. The van der Waals surface area contributed by atoms with Gasteiger partial charge in [0.2, 0.25) is 5.91 Å². The van der Waals surface area contributed by atoms with Crippen molar-refractivity contribution in [3.8, 4) is 0 Å². The molecule has 0 spiro atoms. The molecule has 0 aromatic carbocycles. The van der Waals surface area contributed by atoms with Gasteiger partial charge in [0.15, 0.2) is 0 Å². The number of rotatable bonds is 2. The van der Waals surface area contributed by atoms with Gasteiger partial charge < -0.3 is 9.40 Å². The SMILES string of the molecule is CC(=O)N1N=C(c2ccc[nH]2)CC1c1ccco1. The number of amides is 1. The zero-order valence-electron chi connectivity index (χ0n) is 9.96. The summed E-state index contributed by atoms with van der Waals surface area (Å²) < 4.78 is 5.39. The first kappa shape index (κ1) is 10.8.